The van der Waals surface area contributed by atoms with Crippen LogP contribution in [0.3, 0.4) is 0 Å². The lowest BCUT2D eigenvalue weighted by atomic mass is 9.98. The van der Waals surface area contributed by atoms with Crippen LogP contribution in [-0.4, -0.2) is 4.57 Å². The summed E-state index contributed by atoms with van der Waals surface area (Å²) < 4.78 is 2.36. The first-order valence-corrected chi connectivity index (χ1v) is 16.3. The number of fused-ring (bicyclic) bond motifs is 4. The first kappa shape index (κ1) is 27.7. The van der Waals surface area contributed by atoms with Crippen molar-refractivity contribution in [2.75, 3.05) is 4.90 Å². The summed E-state index contributed by atoms with van der Waals surface area (Å²) in [5.74, 6) is 0. The Labute approximate surface area is 280 Å². The van der Waals surface area contributed by atoms with E-state index in [4.69, 9.17) is 0 Å². The highest BCUT2D eigenvalue weighted by molar-refractivity contribution is 6.09. The summed E-state index contributed by atoms with van der Waals surface area (Å²) in [6, 6.07) is 71.1. The van der Waals surface area contributed by atoms with E-state index in [0.717, 1.165) is 33.9 Å². The van der Waals surface area contributed by atoms with Gasteiger partial charge in [0, 0.05) is 33.5 Å². The number of rotatable bonds is 6. The van der Waals surface area contributed by atoms with Crippen LogP contribution in [-0.2, 0) is 0 Å². The number of para-hydroxylation sites is 2. The molecule has 224 valence electrons. The summed E-state index contributed by atoms with van der Waals surface area (Å²) in [6.45, 7) is 0. The van der Waals surface area contributed by atoms with Crippen molar-refractivity contribution in [1.82, 2.24) is 4.57 Å². The molecule has 2 nitrogen and oxygen atoms in total. The second kappa shape index (κ2) is 11.7. The molecule has 9 aromatic rings. The number of hydrogen-bond acceptors (Lipinski definition) is 1. The van der Waals surface area contributed by atoms with E-state index in [2.05, 4.69) is 191 Å². The fourth-order valence-electron chi connectivity index (χ4n) is 7.02. The van der Waals surface area contributed by atoms with E-state index in [1.807, 2.05) is 12.1 Å². The molecule has 0 saturated heterocycles. The van der Waals surface area contributed by atoms with Gasteiger partial charge in [-0.15, -0.1) is 0 Å². The van der Waals surface area contributed by atoms with Gasteiger partial charge in [0.25, 0.3) is 0 Å². The van der Waals surface area contributed by atoms with Gasteiger partial charge in [-0.2, -0.15) is 0 Å². The zero-order valence-electron chi connectivity index (χ0n) is 26.2. The molecule has 1 aromatic heterocycles. The third-order valence-corrected chi connectivity index (χ3v) is 9.27. The quantitative estimate of drug-likeness (QED) is 0.182. The Hall–Kier alpha value is -6.56. The van der Waals surface area contributed by atoms with Gasteiger partial charge in [-0.3, -0.25) is 0 Å². The van der Waals surface area contributed by atoms with Crippen LogP contribution < -0.4 is 4.90 Å². The molecule has 8 aromatic carbocycles. The highest BCUT2D eigenvalue weighted by Crippen LogP contribution is 2.39. The molecule has 0 N–H and O–H groups in total. The molecule has 0 fully saturated rings. The van der Waals surface area contributed by atoms with E-state index in [1.165, 1.54) is 43.7 Å². The molecule has 0 unspecified atom stereocenters. The minimum absolute atomic E-state index is 1.09. The van der Waals surface area contributed by atoms with Crippen LogP contribution in [0.15, 0.2) is 182 Å². The molecule has 0 spiro atoms. The molecule has 0 bridgehead atoms. The number of benzene rings is 7. The Morgan fingerprint density at radius 2 is 1.04 bits per heavy atom. The van der Waals surface area contributed by atoms with E-state index in [1.54, 1.807) is 0 Å². The third kappa shape index (κ3) is 4.78. The summed E-state index contributed by atoms with van der Waals surface area (Å²) >= 11 is 0. The molecular formula is C46H30N2. The van der Waals surface area contributed by atoms with Crippen molar-refractivity contribution in [1.29, 1.82) is 0 Å². The normalized spacial score (nSPS) is 11.2. The van der Waals surface area contributed by atoms with Crippen molar-refractivity contribution < 1.29 is 0 Å². The predicted molar refractivity (Wildman–Crippen MR) is 202 cm³/mol. The van der Waals surface area contributed by atoms with Crippen LogP contribution in [0, 0.1) is 12.1 Å². The molecule has 1 heterocycles. The zero-order chi connectivity index (χ0) is 31.9. The predicted octanol–water partition coefficient (Wildman–Crippen LogP) is 12.3. The molecule has 0 aliphatic heterocycles. The SMILES string of the molecule is c1ccc(-c2cccc(N(c3ccc(-c4cccc5ccccc45)cc3)c3ccc(-n4c5ccccc5c5ccccc54)cc3)c2)cc#1. The third-order valence-electron chi connectivity index (χ3n) is 9.27. The summed E-state index contributed by atoms with van der Waals surface area (Å²) in [5.41, 5.74) is 11.5. The lowest BCUT2D eigenvalue weighted by Crippen LogP contribution is -2.10. The minimum atomic E-state index is 1.09. The van der Waals surface area contributed by atoms with E-state index >= 15 is 0 Å². The maximum atomic E-state index is 3.11. The number of hydrogen-bond donors (Lipinski definition) is 0. The van der Waals surface area contributed by atoms with Gasteiger partial charge in [-0.05, 0) is 112 Å². The maximum absolute atomic E-state index is 3.11. The monoisotopic (exact) mass is 610 g/mol. The van der Waals surface area contributed by atoms with Crippen molar-refractivity contribution >= 4 is 49.6 Å². The molecule has 9 rings (SSSR count). The van der Waals surface area contributed by atoms with Crippen LogP contribution in [0.25, 0.3) is 60.5 Å². The summed E-state index contributed by atoms with van der Waals surface area (Å²) in [5, 5.41) is 5.03. The second-order valence-electron chi connectivity index (χ2n) is 12.1. The smallest absolute Gasteiger partial charge is 0.0541 e. The fraction of sp³-hybridized carbons (Fsp3) is 0. The lowest BCUT2D eigenvalue weighted by Gasteiger charge is -2.26. The van der Waals surface area contributed by atoms with Crippen molar-refractivity contribution in [2.45, 2.75) is 0 Å². The van der Waals surface area contributed by atoms with Gasteiger partial charge in [0.1, 0.15) is 0 Å². The number of nitrogens with zero attached hydrogens (tertiary/aromatic N) is 2. The largest absolute Gasteiger partial charge is 0.310 e. The lowest BCUT2D eigenvalue weighted by molar-refractivity contribution is 1.17. The molecule has 48 heavy (non-hydrogen) atoms. The molecule has 0 saturated carbocycles. The van der Waals surface area contributed by atoms with Gasteiger partial charge >= 0.3 is 0 Å². The molecule has 0 aliphatic rings. The Kier molecular flexibility index (Phi) is 6.74. The molecule has 0 radical (unpaired) electrons. The first-order valence-electron chi connectivity index (χ1n) is 16.3. The van der Waals surface area contributed by atoms with E-state index in [9.17, 15) is 0 Å². The Bertz CT molecular complexity index is 2480. The maximum Gasteiger partial charge on any atom is 0.0541 e. The van der Waals surface area contributed by atoms with Crippen molar-refractivity contribution in [3.05, 3.63) is 194 Å². The number of anilines is 3. The van der Waals surface area contributed by atoms with Gasteiger partial charge in [-0.1, -0.05) is 115 Å². The molecular weight excluding hydrogens is 581 g/mol. The summed E-state index contributed by atoms with van der Waals surface area (Å²) in [6.07, 6.45) is 0. The molecule has 0 amide bonds. The highest BCUT2D eigenvalue weighted by atomic mass is 15.1. The molecule has 0 aliphatic carbocycles. The van der Waals surface area contributed by atoms with Gasteiger partial charge in [0.05, 0.1) is 11.0 Å². The Morgan fingerprint density at radius 1 is 0.417 bits per heavy atom. The van der Waals surface area contributed by atoms with Gasteiger partial charge in [0.2, 0.25) is 0 Å². The first-order chi connectivity index (χ1) is 23.8. The van der Waals surface area contributed by atoms with E-state index in [0.29, 0.717) is 0 Å². The van der Waals surface area contributed by atoms with Crippen LogP contribution in [0.1, 0.15) is 0 Å². The fourth-order valence-corrected chi connectivity index (χ4v) is 7.02. The van der Waals surface area contributed by atoms with Gasteiger partial charge < -0.3 is 9.47 Å². The Balaban J connectivity index is 1.16. The topological polar surface area (TPSA) is 8.17 Å². The second-order valence-corrected chi connectivity index (χ2v) is 12.1. The van der Waals surface area contributed by atoms with Crippen molar-refractivity contribution in [2.24, 2.45) is 0 Å². The van der Waals surface area contributed by atoms with Crippen molar-refractivity contribution in [3.8, 4) is 27.9 Å². The van der Waals surface area contributed by atoms with Gasteiger partial charge in [0.15, 0.2) is 0 Å². The van der Waals surface area contributed by atoms with E-state index < -0.39 is 0 Å². The minimum Gasteiger partial charge on any atom is -0.310 e. The number of aromatic nitrogens is 1. The standard InChI is InChI=1S/C46H30N2/c1-2-12-33(13-3-1)36-16-10-17-40(32-36)47(37-26-24-35(25-27-37)42-21-11-15-34-14-4-5-18-41(34)42)38-28-30-39(31-29-38)48-45-22-8-6-19-43(45)44-20-7-9-23-46(44)48/h2,4-32H. The average molecular weight is 611 g/mol. The molecule has 0 atom stereocenters. The van der Waals surface area contributed by atoms with Crippen LogP contribution in [0.5, 0.6) is 0 Å². The summed E-state index contributed by atoms with van der Waals surface area (Å²) in [7, 11) is 0. The van der Waals surface area contributed by atoms with Crippen molar-refractivity contribution in [3.63, 3.8) is 0 Å². The van der Waals surface area contributed by atoms with Crippen LogP contribution in [0.4, 0.5) is 17.1 Å². The summed E-state index contributed by atoms with van der Waals surface area (Å²) in [4.78, 5) is 2.34. The molecule has 2 heteroatoms. The average Bonchev–Trinajstić information content (AvgIpc) is 3.50. The van der Waals surface area contributed by atoms with E-state index in [-0.39, 0.29) is 0 Å². The Morgan fingerprint density at radius 3 is 1.75 bits per heavy atom. The highest BCUT2D eigenvalue weighted by Gasteiger charge is 2.16. The zero-order valence-corrected chi connectivity index (χ0v) is 26.2. The van der Waals surface area contributed by atoms with Crippen LogP contribution in [0.2, 0.25) is 0 Å². The van der Waals surface area contributed by atoms with Gasteiger partial charge in [-0.25, -0.2) is 0 Å². The van der Waals surface area contributed by atoms with Crippen LogP contribution >= 0.6 is 0 Å².